The molecule has 3 heterocycles. The zero-order valence-electron chi connectivity index (χ0n) is 13.7. The van der Waals surface area contributed by atoms with E-state index in [1.54, 1.807) is 18.5 Å². The lowest BCUT2D eigenvalue weighted by atomic mass is 9.98. The van der Waals surface area contributed by atoms with Crippen molar-refractivity contribution in [3.05, 3.63) is 47.9 Å². The third-order valence-corrected chi connectivity index (χ3v) is 4.66. The van der Waals surface area contributed by atoms with E-state index in [4.69, 9.17) is 21.3 Å². The van der Waals surface area contributed by atoms with Gasteiger partial charge in [-0.1, -0.05) is 11.6 Å². The van der Waals surface area contributed by atoms with Gasteiger partial charge in [-0.2, -0.15) is 0 Å². The number of halogens is 1. The summed E-state index contributed by atoms with van der Waals surface area (Å²) in [6, 6.07) is 7.82. The van der Waals surface area contributed by atoms with Crippen molar-refractivity contribution < 1.29 is 4.74 Å². The summed E-state index contributed by atoms with van der Waals surface area (Å²) in [5, 5.41) is 0.678. The largest absolute Gasteiger partial charge is 0.463 e. The van der Waals surface area contributed by atoms with Crippen LogP contribution in [0.4, 0.5) is 5.82 Å². The second kappa shape index (κ2) is 7.19. The van der Waals surface area contributed by atoms with Crippen molar-refractivity contribution in [2.24, 2.45) is 5.92 Å². The van der Waals surface area contributed by atoms with Crippen LogP contribution in [0.5, 0.6) is 6.01 Å². The molecule has 0 bridgehead atoms. The smallest absolute Gasteiger partial charge is 0.316 e. The van der Waals surface area contributed by atoms with Crippen LogP contribution in [0.1, 0.15) is 12.8 Å². The number of anilines is 1. The first-order valence-electron chi connectivity index (χ1n) is 8.35. The molecule has 1 aliphatic rings. The first-order chi connectivity index (χ1) is 12.3. The average Bonchev–Trinajstić information content (AvgIpc) is 2.67. The van der Waals surface area contributed by atoms with Crippen molar-refractivity contribution in [1.29, 1.82) is 0 Å². The number of fused-ring (bicyclic) bond motifs is 1. The van der Waals surface area contributed by atoms with Crippen molar-refractivity contribution in [3.63, 3.8) is 0 Å². The van der Waals surface area contributed by atoms with E-state index in [1.165, 1.54) is 0 Å². The molecule has 7 heteroatoms. The second-order valence-corrected chi connectivity index (χ2v) is 6.57. The van der Waals surface area contributed by atoms with Crippen LogP contribution in [-0.2, 0) is 0 Å². The molecule has 0 spiro atoms. The molecular formula is C18H18ClN5O. The monoisotopic (exact) mass is 355 g/mol. The van der Waals surface area contributed by atoms with E-state index in [1.807, 2.05) is 24.4 Å². The van der Waals surface area contributed by atoms with E-state index >= 15 is 0 Å². The highest BCUT2D eigenvalue weighted by Gasteiger charge is 2.21. The van der Waals surface area contributed by atoms with Gasteiger partial charge in [-0.15, -0.1) is 0 Å². The first-order valence-corrected chi connectivity index (χ1v) is 8.73. The van der Waals surface area contributed by atoms with Crippen LogP contribution < -0.4 is 9.64 Å². The van der Waals surface area contributed by atoms with Gasteiger partial charge in [0.1, 0.15) is 5.82 Å². The van der Waals surface area contributed by atoms with Gasteiger partial charge in [0.2, 0.25) is 0 Å². The predicted octanol–water partition coefficient (Wildman–Crippen LogP) is 3.37. The topological polar surface area (TPSA) is 64.0 Å². The molecule has 3 aromatic rings. The Kier molecular flexibility index (Phi) is 4.61. The fraction of sp³-hybridized carbons (Fsp3) is 0.333. The van der Waals surface area contributed by atoms with Gasteiger partial charge < -0.3 is 9.64 Å². The van der Waals surface area contributed by atoms with Gasteiger partial charge in [0.15, 0.2) is 0 Å². The van der Waals surface area contributed by atoms with Crippen LogP contribution in [0.15, 0.2) is 42.9 Å². The summed E-state index contributed by atoms with van der Waals surface area (Å²) in [6.07, 6.45) is 7.31. The van der Waals surface area contributed by atoms with Crippen LogP contribution in [0.3, 0.4) is 0 Å². The van der Waals surface area contributed by atoms with Crippen LogP contribution in [0, 0.1) is 5.92 Å². The van der Waals surface area contributed by atoms with Crippen LogP contribution >= 0.6 is 11.6 Å². The summed E-state index contributed by atoms with van der Waals surface area (Å²) in [6.45, 7) is 2.54. The summed E-state index contributed by atoms with van der Waals surface area (Å²) >= 11 is 6.00. The Balaban J connectivity index is 1.36. The lowest BCUT2D eigenvalue weighted by molar-refractivity contribution is 0.208. The highest BCUT2D eigenvalue weighted by Crippen LogP contribution is 2.24. The molecule has 2 aromatic heterocycles. The van der Waals surface area contributed by atoms with Gasteiger partial charge in [-0.3, -0.25) is 4.98 Å². The summed E-state index contributed by atoms with van der Waals surface area (Å²) < 4.78 is 5.67. The predicted molar refractivity (Wildman–Crippen MR) is 97.0 cm³/mol. The standard InChI is InChI=1S/C18H18ClN5O/c19-14-2-3-15-16(10-14)22-11-17(23-15)24-8-4-13(5-9-24)12-25-18-20-6-1-7-21-18/h1-3,6-7,10-11,13H,4-5,8-9,12H2. The number of piperidine rings is 1. The highest BCUT2D eigenvalue weighted by atomic mass is 35.5. The molecule has 1 fully saturated rings. The van der Waals surface area contributed by atoms with E-state index in [0.717, 1.165) is 42.8 Å². The summed E-state index contributed by atoms with van der Waals surface area (Å²) in [7, 11) is 0. The fourth-order valence-corrected chi connectivity index (χ4v) is 3.17. The molecule has 4 rings (SSSR count). The molecule has 0 aliphatic carbocycles. The Hall–Kier alpha value is -2.47. The van der Waals surface area contributed by atoms with Crippen molar-refractivity contribution in [3.8, 4) is 6.01 Å². The van der Waals surface area contributed by atoms with Crippen molar-refractivity contribution in [1.82, 2.24) is 19.9 Å². The maximum absolute atomic E-state index is 6.00. The van der Waals surface area contributed by atoms with Crippen LogP contribution in [-0.4, -0.2) is 39.6 Å². The normalized spacial score (nSPS) is 15.5. The van der Waals surface area contributed by atoms with Crippen molar-refractivity contribution >= 4 is 28.5 Å². The van der Waals surface area contributed by atoms with Gasteiger partial charge in [0.25, 0.3) is 0 Å². The van der Waals surface area contributed by atoms with Crippen molar-refractivity contribution in [2.45, 2.75) is 12.8 Å². The molecule has 1 aliphatic heterocycles. The van der Waals surface area contributed by atoms with E-state index in [2.05, 4.69) is 19.9 Å². The highest BCUT2D eigenvalue weighted by molar-refractivity contribution is 6.31. The van der Waals surface area contributed by atoms with Crippen molar-refractivity contribution in [2.75, 3.05) is 24.6 Å². The molecule has 0 amide bonds. The number of nitrogens with zero attached hydrogens (tertiary/aromatic N) is 5. The number of hydrogen-bond donors (Lipinski definition) is 0. The lowest BCUT2D eigenvalue weighted by Gasteiger charge is -2.32. The number of benzene rings is 1. The first kappa shape index (κ1) is 16.0. The van der Waals surface area contributed by atoms with Gasteiger partial charge in [-0.25, -0.2) is 15.0 Å². The Bertz CT molecular complexity index is 852. The Morgan fingerprint density at radius 3 is 2.68 bits per heavy atom. The SMILES string of the molecule is Clc1ccc2nc(N3CCC(COc4ncccn4)CC3)cnc2c1. The number of aromatic nitrogens is 4. The molecule has 0 atom stereocenters. The molecule has 0 radical (unpaired) electrons. The van der Waals surface area contributed by atoms with Gasteiger partial charge >= 0.3 is 6.01 Å². The molecule has 25 heavy (non-hydrogen) atoms. The minimum Gasteiger partial charge on any atom is -0.463 e. The Morgan fingerprint density at radius 2 is 1.88 bits per heavy atom. The van der Waals surface area contributed by atoms with E-state index < -0.39 is 0 Å². The zero-order chi connectivity index (χ0) is 17.1. The van der Waals surface area contributed by atoms with E-state index in [-0.39, 0.29) is 0 Å². The Morgan fingerprint density at radius 1 is 1.08 bits per heavy atom. The minimum absolute atomic E-state index is 0.448. The van der Waals surface area contributed by atoms with Crippen LogP contribution in [0.25, 0.3) is 11.0 Å². The molecule has 1 aromatic carbocycles. The van der Waals surface area contributed by atoms with E-state index in [0.29, 0.717) is 23.6 Å². The average molecular weight is 356 g/mol. The maximum Gasteiger partial charge on any atom is 0.316 e. The summed E-state index contributed by atoms with van der Waals surface area (Å²) in [5.74, 6) is 1.42. The molecule has 1 saturated heterocycles. The summed E-state index contributed by atoms with van der Waals surface area (Å²) in [4.78, 5) is 19.6. The molecule has 0 saturated carbocycles. The summed E-state index contributed by atoms with van der Waals surface area (Å²) in [5.41, 5.74) is 1.69. The number of rotatable bonds is 4. The third kappa shape index (κ3) is 3.79. The molecule has 128 valence electrons. The fourth-order valence-electron chi connectivity index (χ4n) is 3.01. The molecule has 0 N–H and O–H groups in total. The van der Waals surface area contributed by atoms with Crippen LogP contribution in [0.2, 0.25) is 5.02 Å². The Labute approximate surface area is 150 Å². The number of ether oxygens (including phenoxy) is 1. The second-order valence-electron chi connectivity index (χ2n) is 6.13. The number of hydrogen-bond acceptors (Lipinski definition) is 6. The maximum atomic E-state index is 6.00. The van der Waals surface area contributed by atoms with Gasteiger partial charge in [0.05, 0.1) is 23.8 Å². The quantitative estimate of drug-likeness (QED) is 0.715. The molecule has 0 unspecified atom stereocenters. The molecule has 6 nitrogen and oxygen atoms in total. The zero-order valence-corrected chi connectivity index (χ0v) is 14.4. The van der Waals surface area contributed by atoms with Gasteiger partial charge in [0, 0.05) is 30.5 Å². The van der Waals surface area contributed by atoms with E-state index in [9.17, 15) is 0 Å². The minimum atomic E-state index is 0.448. The van der Waals surface area contributed by atoms with Gasteiger partial charge in [-0.05, 0) is 43.0 Å². The lowest BCUT2D eigenvalue weighted by Crippen LogP contribution is -2.36. The molecular weight excluding hydrogens is 338 g/mol. The third-order valence-electron chi connectivity index (χ3n) is 4.42.